The number of rotatable bonds is 4. The third-order valence-electron chi connectivity index (χ3n) is 6.43. The van der Waals surface area contributed by atoms with E-state index in [9.17, 15) is 4.79 Å². The van der Waals surface area contributed by atoms with Crippen LogP contribution in [-0.2, 0) is 4.79 Å². The van der Waals surface area contributed by atoms with Crippen molar-refractivity contribution in [3.05, 3.63) is 46.7 Å². The normalized spacial score (nSPS) is 18.1. The van der Waals surface area contributed by atoms with E-state index in [0.29, 0.717) is 16.1 Å². The monoisotopic (exact) mass is 457 g/mol. The smallest absolute Gasteiger partial charge is 0.223 e. The zero-order chi connectivity index (χ0) is 21.4. The van der Waals surface area contributed by atoms with E-state index in [1.165, 1.54) is 12.8 Å². The van der Waals surface area contributed by atoms with E-state index in [0.717, 1.165) is 61.4 Å². The Morgan fingerprint density at radius 3 is 2.52 bits per heavy atom. The van der Waals surface area contributed by atoms with Crippen LogP contribution >= 0.6 is 23.2 Å². The van der Waals surface area contributed by atoms with Crippen LogP contribution in [0.1, 0.15) is 38.5 Å². The molecule has 1 N–H and O–H groups in total. The summed E-state index contributed by atoms with van der Waals surface area (Å²) in [6, 6.07) is 7.93. The molecule has 2 aromatic heterocycles. The Morgan fingerprint density at radius 1 is 1.06 bits per heavy atom. The Labute approximate surface area is 191 Å². The summed E-state index contributed by atoms with van der Waals surface area (Å²) in [6.07, 6.45) is 9.88. The number of carbonyl (C=O) groups is 1. The van der Waals surface area contributed by atoms with Crippen LogP contribution in [0.25, 0.3) is 16.7 Å². The first-order valence-corrected chi connectivity index (χ1v) is 11.7. The Hall–Kier alpha value is -2.31. The van der Waals surface area contributed by atoms with E-state index in [4.69, 9.17) is 28.2 Å². The number of nitrogens with one attached hydrogen (secondary N) is 1. The van der Waals surface area contributed by atoms with Crippen molar-refractivity contribution in [1.29, 1.82) is 0 Å². The van der Waals surface area contributed by atoms with Crippen LogP contribution in [0.4, 0.5) is 5.95 Å². The molecule has 1 saturated heterocycles. The van der Waals surface area contributed by atoms with Gasteiger partial charge in [-0.25, -0.2) is 4.98 Å². The Balaban J connectivity index is 1.41. The zero-order valence-corrected chi connectivity index (χ0v) is 18.7. The summed E-state index contributed by atoms with van der Waals surface area (Å²) >= 11 is 12.6. The summed E-state index contributed by atoms with van der Waals surface area (Å²) < 4.78 is 2.07. The lowest BCUT2D eigenvalue weighted by atomic mass is 9.95. The van der Waals surface area contributed by atoms with Gasteiger partial charge in [0.25, 0.3) is 0 Å². The predicted octanol–water partition coefficient (Wildman–Crippen LogP) is 5.00. The van der Waals surface area contributed by atoms with E-state index in [2.05, 4.69) is 19.8 Å². The van der Waals surface area contributed by atoms with Crippen LogP contribution in [0.2, 0.25) is 10.0 Å². The molecule has 2 aliphatic rings. The number of anilines is 1. The summed E-state index contributed by atoms with van der Waals surface area (Å²) in [7, 11) is 0. The molecular weight excluding hydrogens is 433 g/mol. The maximum Gasteiger partial charge on any atom is 0.223 e. The second kappa shape index (κ2) is 8.67. The molecule has 0 unspecified atom stereocenters. The highest BCUT2D eigenvalue weighted by Gasteiger charge is 2.30. The van der Waals surface area contributed by atoms with E-state index >= 15 is 0 Å². The van der Waals surface area contributed by atoms with Crippen molar-refractivity contribution in [1.82, 2.24) is 19.9 Å². The first kappa shape index (κ1) is 20.6. The molecule has 0 spiro atoms. The molecule has 162 valence electrons. The van der Waals surface area contributed by atoms with Gasteiger partial charge in [0.05, 0.1) is 33.0 Å². The fourth-order valence-corrected chi connectivity index (χ4v) is 5.06. The molecule has 6 nitrogen and oxygen atoms in total. The van der Waals surface area contributed by atoms with Crippen LogP contribution in [0.15, 0.2) is 36.7 Å². The van der Waals surface area contributed by atoms with Gasteiger partial charge in [-0.3, -0.25) is 14.3 Å². The third kappa shape index (κ3) is 4.11. The SMILES string of the molecule is O=C(NC1CCCC1)C1CCN(c2nc3cc(Cl)c(Cl)cc3n2-c2cccnc2)CC1. The molecule has 1 aromatic carbocycles. The minimum atomic E-state index is 0.0666. The van der Waals surface area contributed by atoms with Gasteiger partial charge >= 0.3 is 0 Å². The highest BCUT2D eigenvalue weighted by Crippen LogP contribution is 2.34. The maximum atomic E-state index is 12.7. The molecule has 5 rings (SSSR count). The lowest BCUT2D eigenvalue weighted by molar-refractivity contribution is -0.126. The largest absolute Gasteiger partial charge is 0.353 e. The first-order chi connectivity index (χ1) is 15.1. The van der Waals surface area contributed by atoms with Gasteiger partial charge in [-0.15, -0.1) is 0 Å². The number of hydrogen-bond acceptors (Lipinski definition) is 4. The van der Waals surface area contributed by atoms with Gasteiger partial charge in [0.1, 0.15) is 0 Å². The number of hydrogen-bond donors (Lipinski definition) is 1. The first-order valence-electron chi connectivity index (χ1n) is 10.9. The summed E-state index contributed by atoms with van der Waals surface area (Å²) in [4.78, 5) is 24.1. The van der Waals surface area contributed by atoms with Crippen LogP contribution in [0, 0.1) is 5.92 Å². The van der Waals surface area contributed by atoms with Gasteiger partial charge < -0.3 is 10.2 Å². The molecule has 3 aromatic rings. The zero-order valence-electron chi connectivity index (χ0n) is 17.2. The molecule has 31 heavy (non-hydrogen) atoms. The summed E-state index contributed by atoms with van der Waals surface area (Å²) in [5, 5.41) is 4.24. The standard InChI is InChI=1S/C23H25Cl2N5O/c24-18-12-20-21(13-19(18)25)30(17-6-3-9-26-14-17)23(28-20)29-10-7-15(8-11-29)22(31)27-16-4-1-2-5-16/h3,6,9,12-16H,1-2,4-5,7-8,10-11H2,(H,27,31). The highest BCUT2D eigenvalue weighted by atomic mass is 35.5. The Kier molecular flexibility index (Phi) is 5.76. The molecule has 8 heteroatoms. The number of pyridine rings is 1. The van der Waals surface area contributed by atoms with Gasteiger partial charge in [-0.05, 0) is 49.9 Å². The van der Waals surface area contributed by atoms with E-state index in [1.807, 2.05) is 24.4 Å². The van der Waals surface area contributed by atoms with Crippen LogP contribution in [0.5, 0.6) is 0 Å². The van der Waals surface area contributed by atoms with E-state index in [-0.39, 0.29) is 11.8 Å². The number of amides is 1. The van der Waals surface area contributed by atoms with Crippen molar-refractivity contribution < 1.29 is 4.79 Å². The minimum Gasteiger partial charge on any atom is -0.353 e. The molecule has 1 saturated carbocycles. The van der Waals surface area contributed by atoms with Crippen molar-refractivity contribution in [2.24, 2.45) is 5.92 Å². The van der Waals surface area contributed by atoms with Crippen molar-refractivity contribution in [2.75, 3.05) is 18.0 Å². The quantitative estimate of drug-likeness (QED) is 0.598. The predicted molar refractivity (Wildman–Crippen MR) is 124 cm³/mol. The number of nitrogens with zero attached hydrogens (tertiary/aromatic N) is 4. The lowest BCUT2D eigenvalue weighted by Crippen LogP contribution is -2.43. The number of aromatic nitrogens is 3. The number of halogens is 2. The van der Waals surface area contributed by atoms with Crippen molar-refractivity contribution in [3.63, 3.8) is 0 Å². The fourth-order valence-electron chi connectivity index (χ4n) is 4.74. The average molecular weight is 458 g/mol. The van der Waals surface area contributed by atoms with Crippen LogP contribution in [0.3, 0.4) is 0 Å². The van der Waals surface area contributed by atoms with Gasteiger partial charge in [0.15, 0.2) is 0 Å². The third-order valence-corrected chi connectivity index (χ3v) is 7.16. The number of imidazole rings is 1. The topological polar surface area (TPSA) is 63.1 Å². The van der Waals surface area contributed by atoms with E-state index in [1.54, 1.807) is 12.3 Å². The molecule has 0 bridgehead atoms. The summed E-state index contributed by atoms with van der Waals surface area (Å²) in [5.74, 6) is 1.11. The van der Waals surface area contributed by atoms with Gasteiger partial charge in [0.2, 0.25) is 11.9 Å². The molecule has 0 atom stereocenters. The Bertz CT molecular complexity index is 1090. The number of benzene rings is 1. The molecule has 2 fully saturated rings. The molecule has 0 radical (unpaired) electrons. The second-order valence-corrected chi connectivity index (χ2v) is 9.28. The average Bonchev–Trinajstić information content (AvgIpc) is 3.42. The van der Waals surface area contributed by atoms with Gasteiger partial charge in [-0.2, -0.15) is 0 Å². The van der Waals surface area contributed by atoms with Gasteiger partial charge in [-0.1, -0.05) is 36.0 Å². The highest BCUT2D eigenvalue weighted by molar-refractivity contribution is 6.42. The second-order valence-electron chi connectivity index (χ2n) is 8.46. The summed E-state index contributed by atoms with van der Waals surface area (Å²) in [6.45, 7) is 1.54. The molecule has 1 aliphatic carbocycles. The van der Waals surface area contributed by atoms with Crippen molar-refractivity contribution >= 4 is 46.1 Å². The Morgan fingerprint density at radius 2 is 1.81 bits per heavy atom. The van der Waals surface area contributed by atoms with Crippen LogP contribution < -0.4 is 10.2 Å². The fraction of sp³-hybridized carbons (Fsp3) is 0.435. The lowest BCUT2D eigenvalue weighted by Gasteiger charge is -2.32. The maximum absolute atomic E-state index is 12.7. The number of fused-ring (bicyclic) bond motifs is 1. The number of carbonyl (C=O) groups excluding carboxylic acids is 1. The molecular formula is C23H25Cl2N5O. The van der Waals surface area contributed by atoms with Gasteiger partial charge in [0, 0.05) is 31.2 Å². The summed E-state index contributed by atoms with van der Waals surface area (Å²) in [5.41, 5.74) is 2.59. The molecule has 1 amide bonds. The molecule has 1 aliphatic heterocycles. The molecule has 3 heterocycles. The van der Waals surface area contributed by atoms with Crippen molar-refractivity contribution in [2.45, 2.75) is 44.6 Å². The minimum absolute atomic E-state index is 0.0666. The number of piperidine rings is 1. The van der Waals surface area contributed by atoms with Crippen LogP contribution in [-0.4, -0.2) is 39.6 Å². The van der Waals surface area contributed by atoms with E-state index < -0.39 is 0 Å². The van der Waals surface area contributed by atoms with Crippen molar-refractivity contribution in [3.8, 4) is 5.69 Å².